The molecule has 0 saturated heterocycles. The van der Waals surface area contributed by atoms with E-state index in [0.29, 0.717) is 35.0 Å². The standard InChI is InChI=1S/C23H27FN4O4/c1-28(2)9-6-10-31-22-11-17(16-13-25-26-14-16)18(24)12-19(22)27-23(29)15-32-21-8-5-4-7-20(21)30-3/h4-5,7-8,11-14H,6,9-10,15H2,1-3H3,(H,25,26)(H,27,29). The molecular weight excluding hydrogens is 415 g/mol. The highest BCUT2D eigenvalue weighted by atomic mass is 19.1. The van der Waals surface area contributed by atoms with Gasteiger partial charge in [0.1, 0.15) is 11.6 Å². The highest BCUT2D eigenvalue weighted by Gasteiger charge is 2.16. The summed E-state index contributed by atoms with van der Waals surface area (Å²) in [5.41, 5.74) is 1.14. The zero-order valence-electron chi connectivity index (χ0n) is 18.4. The van der Waals surface area contributed by atoms with E-state index >= 15 is 0 Å². The minimum Gasteiger partial charge on any atom is -0.493 e. The molecular formula is C23H27FN4O4. The molecule has 1 heterocycles. The van der Waals surface area contributed by atoms with Crippen LogP contribution >= 0.6 is 0 Å². The van der Waals surface area contributed by atoms with E-state index in [4.69, 9.17) is 14.2 Å². The van der Waals surface area contributed by atoms with Gasteiger partial charge in [-0.25, -0.2) is 4.39 Å². The summed E-state index contributed by atoms with van der Waals surface area (Å²) < 4.78 is 31.4. The van der Waals surface area contributed by atoms with Crippen molar-refractivity contribution in [2.45, 2.75) is 6.42 Å². The molecule has 0 aliphatic rings. The van der Waals surface area contributed by atoms with Crippen LogP contribution in [0.1, 0.15) is 6.42 Å². The number of aromatic nitrogens is 2. The van der Waals surface area contributed by atoms with Gasteiger partial charge in [0.05, 0.1) is 25.6 Å². The van der Waals surface area contributed by atoms with Crippen molar-refractivity contribution in [3.05, 3.63) is 54.6 Å². The van der Waals surface area contributed by atoms with Crippen molar-refractivity contribution in [3.8, 4) is 28.4 Å². The monoisotopic (exact) mass is 442 g/mol. The lowest BCUT2D eigenvalue weighted by molar-refractivity contribution is -0.118. The molecule has 170 valence electrons. The van der Waals surface area contributed by atoms with E-state index in [1.165, 1.54) is 19.4 Å². The first-order valence-electron chi connectivity index (χ1n) is 10.1. The summed E-state index contributed by atoms with van der Waals surface area (Å²) in [5, 5.41) is 9.21. The van der Waals surface area contributed by atoms with Crippen LogP contribution in [0.3, 0.4) is 0 Å². The second-order valence-corrected chi connectivity index (χ2v) is 7.31. The third-order valence-electron chi connectivity index (χ3n) is 4.59. The van der Waals surface area contributed by atoms with E-state index in [2.05, 4.69) is 15.5 Å². The lowest BCUT2D eigenvalue weighted by Crippen LogP contribution is -2.21. The summed E-state index contributed by atoms with van der Waals surface area (Å²) in [6, 6.07) is 9.81. The summed E-state index contributed by atoms with van der Waals surface area (Å²) in [6.45, 7) is 0.977. The molecule has 2 N–H and O–H groups in total. The molecule has 8 nitrogen and oxygen atoms in total. The normalized spacial score (nSPS) is 10.8. The Labute approximate surface area is 186 Å². The average molecular weight is 442 g/mol. The first-order chi connectivity index (χ1) is 15.5. The molecule has 0 bridgehead atoms. The first kappa shape index (κ1) is 23.1. The maximum atomic E-state index is 14.8. The number of carbonyl (C=O) groups excluding carboxylic acids is 1. The van der Waals surface area contributed by atoms with Crippen molar-refractivity contribution < 1.29 is 23.4 Å². The average Bonchev–Trinajstić information content (AvgIpc) is 3.31. The maximum Gasteiger partial charge on any atom is 0.262 e. The molecule has 0 aliphatic carbocycles. The Morgan fingerprint density at radius 2 is 1.94 bits per heavy atom. The van der Waals surface area contributed by atoms with Gasteiger partial charge in [-0.15, -0.1) is 0 Å². The van der Waals surface area contributed by atoms with Gasteiger partial charge in [0.15, 0.2) is 18.1 Å². The number of nitrogens with zero attached hydrogens (tertiary/aromatic N) is 2. The Bertz CT molecular complexity index is 1020. The van der Waals surface area contributed by atoms with Crippen molar-refractivity contribution in [2.24, 2.45) is 0 Å². The van der Waals surface area contributed by atoms with Crippen LogP contribution in [0.4, 0.5) is 10.1 Å². The van der Waals surface area contributed by atoms with E-state index in [9.17, 15) is 9.18 Å². The van der Waals surface area contributed by atoms with E-state index < -0.39 is 11.7 Å². The van der Waals surface area contributed by atoms with Crippen LogP contribution in [-0.2, 0) is 4.79 Å². The van der Waals surface area contributed by atoms with Crippen molar-refractivity contribution in [3.63, 3.8) is 0 Å². The Morgan fingerprint density at radius 3 is 2.62 bits per heavy atom. The quantitative estimate of drug-likeness (QED) is 0.442. The number of para-hydroxylation sites is 2. The van der Waals surface area contributed by atoms with Gasteiger partial charge >= 0.3 is 0 Å². The van der Waals surface area contributed by atoms with Crippen LogP contribution in [0.15, 0.2) is 48.8 Å². The second-order valence-electron chi connectivity index (χ2n) is 7.31. The number of carbonyl (C=O) groups is 1. The number of halogens is 1. The van der Waals surface area contributed by atoms with Gasteiger partial charge in [-0.05, 0) is 38.7 Å². The number of aromatic amines is 1. The number of hydrogen-bond donors (Lipinski definition) is 2. The predicted molar refractivity (Wildman–Crippen MR) is 120 cm³/mol. The maximum absolute atomic E-state index is 14.8. The molecule has 1 amide bonds. The number of H-pyrrole nitrogens is 1. The van der Waals surface area contributed by atoms with Crippen LogP contribution in [0, 0.1) is 5.82 Å². The molecule has 0 atom stereocenters. The minimum absolute atomic E-state index is 0.230. The Kier molecular flexibility index (Phi) is 8.04. The van der Waals surface area contributed by atoms with Gasteiger partial charge in [-0.2, -0.15) is 5.10 Å². The summed E-state index contributed by atoms with van der Waals surface area (Å²) in [4.78, 5) is 14.5. The number of rotatable bonds is 11. The van der Waals surface area contributed by atoms with E-state index in [1.807, 2.05) is 19.0 Å². The fourth-order valence-corrected chi connectivity index (χ4v) is 3.02. The number of amides is 1. The molecule has 3 rings (SSSR count). The van der Waals surface area contributed by atoms with Crippen molar-refractivity contribution >= 4 is 11.6 Å². The summed E-state index contributed by atoms with van der Waals surface area (Å²) in [7, 11) is 5.47. The zero-order chi connectivity index (χ0) is 22.9. The first-order valence-corrected chi connectivity index (χ1v) is 10.1. The van der Waals surface area contributed by atoms with Crippen LogP contribution < -0.4 is 19.5 Å². The molecule has 3 aromatic rings. The molecule has 2 aromatic carbocycles. The molecule has 0 aliphatic heterocycles. The van der Waals surface area contributed by atoms with Crippen LogP contribution in [0.25, 0.3) is 11.1 Å². The van der Waals surface area contributed by atoms with E-state index in [0.717, 1.165) is 13.0 Å². The number of ether oxygens (including phenoxy) is 3. The number of benzene rings is 2. The van der Waals surface area contributed by atoms with E-state index in [-0.39, 0.29) is 12.3 Å². The Hall–Kier alpha value is -3.59. The van der Waals surface area contributed by atoms with Crippen LogP contribution in [0.2, 0.25) is 0 Å². The minimum atomic E-state index is -0.506. The number of hydrogen-bond acceptors (Lipinski definition) is 6. The third kappa shape index (κ3) is 6.21. The molecule has 0 spiro atoms. The topological polar surface area (TPSA) is 88.7 Å². The van der Waals surface area contributed by atoms with Gasteiger partial charge in [0.2, 0.25) is 0 Å². The van der Waals surface area contributed by atoms with Gasteiger partial charge in [-0.1, -0.05) is 12.1 Å². The van der Waals surface area contributed by atoms with Gasteiger partial charge < -0.3 is 24.4 Å². The van der Waals surface area contributed by atoms with Crippen LogP contribution in [-0.4, -0.2) is 62.0 Å². The molecule has 0 saturated carbocycles. The molecule has 32 heavy (non-hydrogen) atoms. The van der Waals surface area contributed by atoms with Gasteiger partial charge in [0.25, 0.3) is 5.91 Å². The highest BCUT2D eigenvalue weighted by Crippen LogP contribution is 2.33. The van der Waals surface area contributed by atoms with Crippen molar-refractivity contribution in [1.82, 2.24) is 15.1 Å². The molecule has 0 unspecified atom stereocenters. The zero-order valence-corrected chi connectivity index (χ0v) is 18.4. The fourth-order valence-electron chi connectivity index (χ4n) is 3.02. The van der Waals surface area contributed by atoms with Gasteiger partial charge in [-0.3, -0.25) is 9.89 Å². The summed E-state index contributed by atoms with van der Waals surface area (Å²) in [5.74, 6) is 0.358. The molecule has 9 heteroatoms. The highest BCUT2D eigenvalue weighted by molar-refractivity contribution is 5.94. The number of nitrogens with one attached hydrogen (secondary N) is 2. The second kappa shape index (κ2) is 11.1. The predicted octanol–water partition coefficient (Wildman–Crippen LogP) is 3.57. The summed E-state index contributed by atoms with van der Waals surface area (Å²) >= 11 is 0. The van der Waals surface area contributed by atoms with Gasteiger partial charge in [0, 0.05) is 29.9 Å². The number of methoxy groups -OCH3 is 1. The number of anilines is 1. The Balaban J connectivity index is 1.74. The lowest BCUT2D eigenvalue weighted by Gasteiger charge is -2.16. The SMILES string of the molecule is COc1ccccc1OCC(=O)Nc1cc(F)c(-c2cn[nH]c2)cc1OCCCN(C)C. The fraction of sp³-hybridized carbons (Fsp3) is 0.304. The molecule has 0 fully saturated rings. The lowest BCUT2D eigenvalue weighted by atomic mass is 10.1. The smallest absolute Gasteiger partial charge is 0.262 e. The van der Waals surface area contributed by atoms with E-state index in [1.54, 1.807) is 36.5 Å². The molecule has 0 radical (unpaired) electrons. The Morgan fingerprint density at radius 1 is 1.16 bits per heavy atom. The summed E-state index contributed by atoms with van der Waals surface area (Å²) in [6.07, 6.45) is 3.89. The van der Waals surface area contributed by atoms with Crippen molar-refractivity contribution in [2.75, 3.05) is 46.3 Å². The third-order valence-corrected chi connectivity index (χ3v) is 4.59. The van der Waals surface area contributed by atoms with Crippen LogP contribution in [0.5, 0.6) is 17.2 Å². The van der Waals surface area contributed by atoms with Crippen molar-refractivity contribution in [1.29, 1.82) is 0 Å². The largest absolute Gasteiger partial charge is 0.493 e. The molecule has 1 aromatic heterocycles.